The van der Waals surface area contributed by atoms with Gasteiger partial charge in [0.1, 0.15) is 17.5 Å². The molecular formula is C24H36N8O. The molecular weight excluding hydrogens is 416 g/mol. The standard InChI is InChI=1S/C24H36N8O/c1-17-14-22(29-28-17)26-21-16-23(31-12-10-30(2)11-13-31)27-20(25-21)15-18-4-3-8-32(9-7-18)24(33)19-5-6-19/h14,16,18-19H,3-13,15H2,1-2H3,(H2,25,26,27,28,29)/t18-/m0/s1. The Bertz CT molecular complexity index is 963. The highest BCUT2D eigenvalue weighted by molar-refractivity contribution is 5.81. The lowest BCUT2D eigenvalue weighted by Gasteiger charge is -2.33. The number of likely N-dealkylation sites (N-methyl/N-ethyl adjacent to an activating group) is 1. The van der Waals surface area contributed by atoms with Crippen molar-refractivity contribution in [2.24, 2.45) is 11.8 Å². The number of aromatic nitrogens is 4. The van der Waals surface area contributed by atoms with Gasteiger partial charge in [0.05, 0.1) is 0 Å². The first-order chi connectivity index (χ1) is 16.0. The molecule has 4 heterocycles. The molecule has 3 aliphatic rings. The zero-order valence-electron chi connectivity index (χ0n) is 19.9. The Morgan fingerprint density at radius 2 is 1.85 bits per heavy atom. The Morgan fingerprint density at radius 1 is 1.03 bits per heavy atom. The molecule has 0 unspecified atom stereocenters. The number of nitrogens with one attached hydrogen (secondary N) is 2. The first-order valence-corrected chi connectivity index (χ1v) is 12.4. The fourth-order valence-electron chi connectivity index (χ4n) is 4.89. The molecule has 1 saturated carbocycles. The molecule has 2 saturated heterocycles. The van der Waals surface area contributed by atoms with Gasteiger partial charge in [-0.3, -0.25) is 9.89 Å². The van der Waals surface area contributed by atoms with Gasteiger partial charge in [-0.15, -0.1) is 0 Å². The quantitative estimate of drug-likeness (QED) is 0.696. The summed E-state index contributed by atoms with van der Waals surface area (Å²) < 4.78 is 0. The number of carbonyl (C=O) groups is 1. The van der Waals surface area contributed by atoms with Crippen LogP contribution >= 0.6 is 0 Å². The number of carbonyl (C=O) groups excluding carboxylic acids is 1. The normalized spacial score (nSPS) is 22.3. The van der Waals surface area contributed by atoms with Crippen molar-refractivity contribution in [3.8, 4) is 0 Å². The van der Waals surface area contributed by atoms with E-state index in [2.05, 4.69) is 37.3 Å². The van der Waals surface area contributed by atoms with Crippen LogP contribution in [0.3, 0.4) is 0 Å². The first-order valence-electron chi connectivity index (χ1n) is 12.4. The van der Waals surface area contributed by atoms with E-state index < -0.39 is 0 Å². The number of hydrogen-bond acceptors (Lipinski definition) is 7. The van der Waals surface area contributed by atoms with Crippen LogP contribution in [0, 0.1) is 18.8 Å². The number of amides is 1. The van der Waals surface area contributed by atoms with Crippen LogP contribution in [0.25, 0.3) is 0 Å². The predicted octanol–water partition coefficient (Wildman–Crippen LogP) is 2.58. The average molecular weight is 453 g/mol. The van der Waals surface area contributed by atoms with Gasteiger partial charge in [-0.05, 0) is 52.0 Å². The highest BCUT2D eigenvalue weighted by Crippen LogP contribution is 2.32. The van der Waals surface area contributed by atoms with Gasteiger partial charge < -0.3 is 20.0 Å². The van der Waals surface area contributed by atoms with E-state index in [4.69, 9.17) is 9.97 Å². The number of rotatable bonds is 6. The van der Waals surface area contributed by atoms with Gasteiger partial charge in [0, 0.05) is 69.4 Å². The summed E-state index contributed by atoms with van der Waals surface area (Å²) in [6.45, 7) is 7.77. The summed E-state index contributed by atoms with van der Waals surface area (Å²) in [4.78, 5) is 29.2. The van der Waals surface area contributed by atoms with E-state index in [1.165, 1.54) is 0 Å². The lowest BCUT2D eigenvalue weighted by molar-refractivity contribution is -0.132. The van der Waals surface area contributed by atoms with Gasteiger partial charge in [0.2, 0.25) is 5.91 Å². The zero-order chi connectivity index (χ0) is 22.8. The van der Waals surface area contributed by atoms with Crippen LogP contribution in [0.4, 0.5) is 17.5 Å². The smallest absolute Gasteiger partial charge is 0.225 e. The average Bonchev–Trinajstić information content (AvgIpc) is 3.60. The van der Waals surface area contributed by atoms with Crippen molar-refractivity contribution in [3.05, 3.63) is 23.7 Å². The fourth-order valence-corrected chi connectivity index (χ4v) is 4.89. The van der Waals surface area contributed by atoms with Gasteiger partial charge in [0.25, 0.3) is 0 Å². The molecule has 33 heavy (non-hydrogen) atoms. The molecule has 2 aliphatic heterocycles. The molecule has 1 atom stereocenters. The van der Waals surface area contributed by atoms with Crippen molar-refractivity contribution in [2.75, 3.05) is 56.5 Å². The summed E-state index contributed by atoms with van der Waals surface area (Å²) in [5.41, 5.74) is 1.01. The monoisotopic (exact) mass is 452 g/mol. The SMILES string of the molecule is Cc1cc(Nc2cc(N3CCN(C)CC3)nc(C[C@H]3CCCN(C(=O)C4CC4)CC3)n2)n[nH]1. The number of hydrogen-bond donors (Lipinski definition) is 2. The molecule has 1 amide bonds. The number of aromatic amines is 1. The molecule has 5 rings (SSSR count). The van der Waals surface area contributed by atoms with Crippen molar-refractivity contribution in [1.29, 1.82) is 0 Å². The van der Waals surface area contributed by atoms with E-state index in [-0.39, 0.29) is 0 Å². The molecule has 1 aliphatic carbocycles. The largest absolute Gasteiger partial charge is 0.354 e. The van der Waals surface area contributed by atoms with E-state index in [1.54, 1.807) is 0 Å². The molecule has 2 aromatic heterocycles. The van der Waals surface area contributed by atoms with Crippen LogP contribution in [0.1, 0.15) is 43.6 Å². The van der Waals surface area contributed by atoms with Gasteiger partial charge in [-0.1, -0.05) is 0 Å². The number of nitrogens with zero attached hydrogens (tertiary/aromatic N) is 6. The summed E-state index contributed by atoms with van der Waals surface area (Å²) in [6.07, 6.45) is 6.23. The number of H-pyrrole nitrogens is 1. The molecule has 0 radical (unpaired) electrons. The summed E-state index contributed by atoms with van der Waals surface area (Å²) >= 11 is 0. The molecule has 178 valence electrons. The third-order valence-corrected chi connectivity index (χ3v) is 7.11. The summed E-state index contributed by atoms with van der Waals surface area (Å²) in [6, 6.07) is 4.02. The Kier molecular flexibility index (Phi) is 6.48. The minimum Gasteiger partial charge on any atom is -0.354 e. The molecule has 3 fully saturated rings. The number of anilines is 3. The Balaban J connectivity index is 1.31. The molecule has 2 aromatic rings. The number of likely N-dealkylation sites (tertiary alicyclic amines) is 1. The second kappa shape index (κ2) is 9.67. The van der Waals surface area contributed by atoms with Crippen LogP contribution < -0.4 is 10.2 Å². The highest BCUT2D eigenvalue weighted by Gasteiger charge is 2.34. The topological polar surface area (TPSA) is 93.3 Å². The number of aryl methyl sites for hydroxylation is 1. The maximum atomic E-state index is 12.5. The third kappa shape index (κ3) is 5.63. The van der Waals surface area contributed by atoms with Gasteiger partial charge in [-0.25, -0.2) is 9.97 Å². The Morgan fingerprint density at radius 3 is 2.58 bits per heavy atom. The van der Waals surface area contributed by atoms with Crippen LogP contribution in [-0.4, -0.2) is 82.2 Å². The molecule has 9 heteroatoms. The lowest BCUT2D eigenvalue weighted by atomic mass is 9.96. The van der Waals surface area contributed by atoms with E-state index in [1.807, 2.05) is 19.1 Å². The van der Waals surface area contributed by atoms with E-state index in [0.717, 1.165) is 107 Å². The van der Waals surface area contributed by atoms with Crippen LogP contribution in [0.15, 0.2) is 12.1 Å². The highest BCUT2D eigenvalue weighted by atomic mass is 16.2. The minimum absolute atomic E-state index is 0.310. The Hall–Kier alpha value is -2.68. The van der Waals surface area contributed by atoms with E-state index >= 15 is 0 Å². The molecule has 0 aromatic carbocycles. The molecule has 2 N–H and O–H groups in total. The van der Waals surface area contributed by atoms with Crippen molar-refractivity contribution < 1.29 is 4.79 Å². The third-order valence-electron chi connectivity index (χ3n) is 7.11. The fraction of sp³-hybridized carbons (Fsp3) is 0.667. The van der Waals surface area contributed by atoms with Crippen molar-refractivity contribution in [1.82, 2.24) is 30.0 Å². The maximum absolute atomic E-state index is 12.5. The van der Waals surface area contributed by atoms with Crippen LogP contribution in [0.5, 0.6) is 0 Å². The lowest BCUT2D eigenvalue weighted by Crippen LogP contribution is -2.45. The van der Waals surface area contributed by atoms with Gasteiger partial charge in [0.15, 0.2) is 5.82 Å². The maximum Gasteiger partial charge on any atom is 0.225 e. The molecule has 0 bridgehead atoms. The number of piperazine rings is 1. The predicted molar refractivity (Wildman–Crippen MR) is 129 cm³/mol. The first kappa shape index (κ1) is 22.1. The zero-order valence-corrected chi connectivity index (χ0v) is 19.9. The van der Waals surface area contributed by atoms with Gasteiger partial charge in [-0.2, -0.15) is 5.10 Å². The summed E-state index contributed by atoms with van der Waals surface area (Å²) in [7, 11) is 2.17. The van der Waals surface area contributed by atoms with Crippen molar-refractivity contribution in [2.45, 2.75) is 45.4 Å². The second-order valence-electron chi connectivity index (χ2n) is 9.98. The van der Waals surface area contributed by atoms with E-state index in [0.29, 0.717) is 17.7 Å². The van der Waals surface area contributed by atoms with Crippen LogP contribution in [0.2, 0.25) is 0 Å². The van der Waals surface area contributed by atoms with Crippen molar-refractivity contribution in [3.63, 3.8) is 0 Å². The summed E-state index contributed by atoms with van der Waals surface area (Å²) in [5, 5.41) is 10.7. The van der Waals surface area contributed by atoms with E-state index in [9.17, 15) is 4.79 Å². The van der Waals surface area contributed by atoms with Crippen LogP contribution in [-0.2, 0) is 11.2 Å². The Labute approximate surface area is 196 Å². The van der Waals surface area contributed by atoms with Gasteiger partial charge >= 0.3 is 0 Å². The summed E-state index contributed by atoms with van der Waals surface area (Å²) in [5.74, 6) is 4.62. The molecule has 0 spiro atoms. The second-order valence-corrected chi connectivity index (χ2v) is 9.98. The minimum atomic E-state index is 0.310. The molecule has 9 nitrogen and oxygen atoms in total. The van der Waals surface area contributed by atoms with Crippen molar-refractivity contribution >= 4 is 23.4 Å².